The number of benzene rings is 10. The number of para-hydroxylation sites is 7. The molecule has 0 saturated heterocycles. The van der Waals surface area contributed by atoms with Crippen LogP contribution in [0.15, 0.2) is 212 Å². The van der Waals surface area contributed by atoms with Crippen LogP contribution in [0.3, 0.4) is 0 Å². The molecule has 14 aromatic rings. The Morgan fingerprint density at radius 2 is 0.680 bits per heavy atom. The summed E-state index contributed by atoms with van der Waals surface area (Å²) in [4.78, 5) is 7.19. The van der Waals surface area contributed by atoms with Gasteiger partial charge in [-0.1, -0.05) is 127 Å². The minimum Gasteiger partial charge on any atom is -0.354 e. The van der Waals surface area contributed by atoms with Crippen LogP contribution in [0.4, 0.5) is 11.4 Å². The van der Waals surface area contributed by atoms with Crippen LogP contribution < -0.4 is 4.90 Å². The average Bonchev–Trinajstić information content (AvgIpc) is 4.19. The van der Waals surface area contributed by atoms with Gasteiger partial charge >= 0.3 is 0 Å². The molecule has 15 rings (SSSR count). The molecule has 0 aliphatic carbocycles. The van der Waals surface area contributed by atoms with Crippen molar-refractivity contribution in [3.63, 3.8) is 0 Å². The van der Waals surface area contributed by atoms with Crippen molar-refractivity contribution in [1.82, 2.24) is 18.3 Å². The monoisotopic (exact) mass is 961 g/mol. The lowest BCUT2D eigenvalue weighted by atomic mass is 9.83. The predicted molar refractivity (Wildman–Crippen MR) is 310 cm³/mol. The molecule has 0 atom stereocenters. The Kier molecular flexibility index (Phi) is 8.77. The molecule has 7 heteroatoms. The summed E-state index contributed by atoms with van der Waals surface area (Å²) in [6.45, 7) is 18.5. The predicted octanol–water partition coefficient (Wildman–Crippen LogP) is 17.5. The third-order valence-electron chi connectivity index (χ3n) is 16.4. The normalized spacial score (nSPS) is 14.0. The summed E-state index contributed by atoms with van der Waals surface area (Å²) in [6, 6.07) is 78.4. The van der Waals surface area contributed by atoms with Gasteiger partial charge < -0.3 is 23.2 Å². The number of hydrogen-bond donors (Lipinski definition) is 0. The van der Waals surface area contributed by atoms with E-state index in [1.807, 2.05) is 6.07 Å². The number of aromatic nitrogens is 4. The summed E-state index contributed by atoms with van der Waals surface area (Å²) in [5.41, 5.74) is 14.1. The highest BCUT2D eigenvalue weighted by Gasteiger charge is 2.53. The van der Waals surface area contributed by atoms with Crippen LogP contribution in [0.1, 0.15) is 44.4 Å². The maximum Gasteiger partial charge on any atom is 0.218 e. The van der Waals surface area contributed by atoms with Gasteiger partial charge in [0, 0.05) is 60.2 Å². The van der Waals surface area contributed by atoms with Gasteiger partial charge in [-0.2, -0.15) is 5.26 Å². The van der Waals surface area contributed by atoms with Crippen molar-refractivity contribution >= 4 is 98.6 Å². The Morgan fingerprint density at radius 3 is 1.07 bits per heavy atom. The van der Waals surface area contributed by atoms with E-state index in [0.29, 0.717) is 22.6 Å². The minimum atomic E-state index is -0.737. The van der Waals surface area contributed by atoms with Gasteiger partial charge in [-0.15, -0.1) is 0 Å². The third kappa shape index (κ3) is 5.62. The molecule has 0 saturated carbocycles. The SMILES string of the molecule is [C-]#[N+]c1c(-n2c3ccccc3c3cc4c(cc32)c2ccccc2n4-c2ccccc2)c(-n2c3ccccc3c3cc4c(cc32)c2ccccc2n4-c2ccccc2)c(C#N)c2c1C(C)(C)N(c1ccccc1)C2(C)C. The smallest absolute Gasteiger partial charge is 0.218 e. The number of fused-ring (bicyclic) bond motifs is 13. The summed E-state index contributed by atoms with van der Waals surface area (Å²) in [5, 5.41) is 21.0. The fraction of sp³-hybridized carbons (Fsp3) is 0.0882. The maximum atomic E-state index is 12.3. The van der Waals surface area contributed by atoms with Crippen molar-refractivity contribution < 1.29 is 0 Å². The van der Waals surface area contributed by atoms with Gasteiger partial charge in [0.15, 0.2) is 0 Å². The van der Waals surface area contributed by atoms with Crippen LogP contribution in [0.25, 0.3) is 115 Å². The molecular weight excluding hydrogens is 915 g/mol. The zero-order chi connectivity index (χ0) is 50.5. The lowest BCUT2D eigenvalue weighted by Gasteiger charge is -2.43. The van der Waals surface area contributed by atoms with Gasteiger partial charge in [0.2, 0.25) is 5.69 Å². The molecule has 0 radical (unpaired) electrons. The lowest BCUT2D eigenvalue weighted by molar-refractivity contribution is 0.403. The van der Waals surface area contributed by atoms with Crippen LogP contribution in [0.5, 0.6) is 0 Å². The molecular formula is C68H47N7. The second kappa shape index (κ2) is 15.4. The van der Waals surface area contributed by atoms with Crippen LogP contribution in [-0.2, 0) is 11.1 Å². The molecule has 0 amide bonds. The van der Waals surface area contributed by atoms with Crippen molar-refractivity contribution in [2.75, 3.05) is 4.90 Å². The van der Waals surface area contributed by atoms with E-state index >= 15 is 0 Å². The molecule has 0 bridgehead atoms. The van der Waals surface area contributed by atoms with Crippen LogP contribution >= 0.6 is 0 Å². The highest BCUT2D eigenvalue weighted by atomic mass is 15.3. The molecule has 75 heavy (non-hydrogen) atoms. The van der Waals surface area contributed by atoms with Gasteiger partial charge in [0.05, 0.1) is 78.7 Å². The van der Waals surface area contributed by atoms with E-state index in [2.05, 4.69) is 263 Å². The molecule has 7 nitrogen and oxygen atoms in total. The number of anilines is 1. The summed E-state index contributed by atoms with van der Waals surface area (Å²) >= 11 is 0. The van der Waals surface area contributed by atoms with Crippen molar-refractivity contribution in [2.24, 2.45) is 0 Å². The van der Waals surface area contributed by atoms with Gasteiger partial charge in [-0.3, -0.25) is 0 Å². The van der Waals surface area contributed by atoms with E-state index in [0.717, 1.165) is 115 Å². The van der Waals surface area contributed by atoms with E-state index in [-0.39, 0.29) is 0 Å². The van der Waals surface area contributed by atoms with E-state index < -0.39 is 11.1 Å². The lowest BCUT2D eigenvalue weighted by Crippen LogP contribution is -2.45. The van der Waals surface area contributed by atoms with Gasteiger partial charge in [-0.05, 0) is 124 Å². The first kappa shape index (κ1) is 42.8. The highest BCUT2D eigenvalue weighted by molar-refractivity contribution is 6.21. The summed E-state index contributed by atoms with van der Waals surface area (Å²) in [7, 11) is 0. The average molecular weight is 962 g/mol. The van der Waals surface area contributed by atoms with Crippen molar-refractivity contribution in [1.29, 1.82) is 5.26 Å². The Hall–Kier alpha value is -9.82. The topological polar surface area (TPSA) is 51.1 Å². The molecule has 1 aliphatic rings. The molecule has 0 fully saturated rings. The molecule has 4 aromatic heterocycles. The van der Waals surface area contributed by atoms with Gasteiger partial charge in [-0.25, -0.2) is 4.85 Å². The van der Waals surface area contributed by atoms with E-state index in [4.69, 9.17) is 4.85 Å². The molecule has 0 unspecified atom stereocenters. The number of nitriles is 1. The van der Waals surface area contributed by atoms with Gasteiger partial charge in [0.25, 0.3) is 0 Å². The van der Waals surface area contributed by atoms with Crippen LogP contribution in [-0.4, -0.2) is 18.3 Å². The zero-order valence-corrected chi connectivity index (χ0v) is 41.8. The summed E-state index contributed by atoms with van der Waals surface area (Å²) < 4.78 is 9.39. The van der Waals surface area contributed by atoms with E-state index in [1.54, 1.807) is 0 Å². The fourth-order valence-corrected chi connectivity index (χ4v) is 13.8. The maximum absolute atomic E-state index is 12.3. The Labute approximate surface area is 433 Å². The highest BCUT2D eigenvalue weighted by Crippen LogP contribution is 2.60. The summed E-state index contributed by atoms with van der Waals surface area (Å²) in [6.07, 6.45) is 0. The third-order valence-corrected chi connectivity index (χ3v) is 16.4. The molecule has 1 aliphatic heterocycles. The first-order chi connectivity index (χ1) is 36.7. The zero-order valence-electron chi connectivity index (χ0n) is 41.8. The molecule has 0 N–H and O–H groups in total. The van der Waals surface area contributed by atoms with E-state index in [1.165, 1.54) is 0 Å². The largest absolute Gasteiger partial charge is 0.354 e. The van der Waals surface area contributed by atoms with Crippen LogP contribution in [0.2, 0.25) is 0 Å². The number of rotatable bonds is 5. The Bertz CT molecular complexity index is 4550. The van der Waals surface area contributed by atoms with Crippen molar-refractivity contribution in [3.8, 4) is 28.8 Å². The summed E-state index contributed by atoms with van der Waals surface area (Å²) in [5.74, 6) is 0. The van der Waals surface area contributed by atoms with Gasteiger partial charge in [0.1, 0.15) is 6.07 Å². The van der Waals surface area contributed by atoms with E-state index in [9.17, 15) is 11.8 Å². The quantitative estimate of drug-likeness (QED) is 0.161. The van der Waals surface area contributed by atoms with Crippen molar-refractivity contribution in [3.05, 3.63) is 240 Å². The number of nitrogens with zero attached hydrogens (tertiary/aromatic N) is 7. The first-order valence-corrected chi connectivity index (χ1v) is 25.6. The second-order valence-electron chi connectivity index (χ2n) is 21.0. The Morgan fingerprint density at radius 1 is 0.360 bits per heavy atom. The fourth-order valence-electron chi connectivity index (χ4n) is 13.8. The molecule has 0 spiro atoms. The standard InChI is InChI=1S/C68H47N7/c1-67(2)62-53(41-69)65(73-56-35-21-17-31-47(56)51-37-58-49(39-60(51)73)45-29-15-19-33-54(45)71(58)42-23-9-6-10-24-42)66(64(70-5)63(62)68(3,4)75(67)44-27-13-8-14-28-44)74-57-36-22-18-32-48(57)52-38-59-50(40-61(52)74)46-30-16-20-34-55(46)72(59)43-25-11-7-12-26-43/h6-40H,1-4H3. The van der Waals surface area contributed by atoms with Crippen molar-refractivity contribution in [2.45, 2.75) is 38.8 Å². The molecule has 10 aromatic carbocycles. The second-order valence-corrected chi connectivity index (χ2v) is 21.0. The Balaban J connectivity index is 1.16. The first-order valence-electron chi connectivity index (χ1n) is 25.6. The molecule has 354 valence electrons. The van der Waals surface area contributed by atoms with Crippen LogP contribution in [0, 0.1) is 17.9 Å². The number of hydrogen-bond acceptors (Lipinski definition) is 2. The molecule has 5 heterocycles. The minimum absolute atomic E-state index is 0.526.